The number of carbonyl (C=O) groups is 2. The largest absolute Gasteiger partial charge is 0.494 e. The van der Waals surface area contributed by atoms with E-state index in [2.05, 4.69) is 10.9 Å². The number of rotatable bonds is 6. The molecule has 0 fully saturated rings. The van der Waals surface area contributed by atoms with Gasteiger partial charge in [0.15, 0.2) is 11.6 Å². The van der Waals surface area contributed by atoms with Crippen LogP contribution in [0, 0.1) is 11.6 Å². The zero-order chi connectivity index (χ0) is 20.8. The molecule has 0 bridgehead atoms. The van der Waals surface area contributed by atoms with Crippen molar-refractivity contribution in [2.45, 2.75) is 12.8 Å². The zero-order valence-electron chi connectivity index (χ0n) is 15.5. The number of nitrogens with one attached hydrogen (secondary N) is 2. The molecule has 0 saturated heterocycles. The van der Waals surface area contributed by atoms with Gasteiger partial charge in [0.25, 0.3) is 5.91 Å². The number of hydrazine groups is 1. The Morgan fingerprint density at radius 2 is 1.76 bits per heavy atom. The first-order valence-corrected chi connectivity index (χ1v) is 9.55. The lowest BCUT2D eigenvalue weighted by atomic mass is 10.1. The Morgan fingerprint density at radius 1 is 1.00 bits per heavy atom. The van der Waals surface area contributed by atoms with Crippen LogP contribution >= 0.6 is 11.3 Å². The highest BCUT2D eigenvalue weighted by atomic mass is 32.1. The van der Waals surface area contributed by atoms with E-state index in [-0.39, 0.29) is 18.0 Å². The minimum atomic E-state index is -0.492. The predicted molar refractivity (Wildman–Crippen MR) is 107 cm³/mol. The molecule has 0 aliphatic heterocycles. The van der Waals surface area contributed by atoms with E-state index >= 15 is 0 Å². The minimum Gasteiger partial charge on any atom is -0.494 e. The SMILES string of the molecule is COc1ccc(CCC(=O)NNC(=O)c2ccc(-c3ccc(F)cc3)s2)cc1F. The van der Waals surface area contributed by atoms with Crippen molar-refractivity contribution in [3.63, 3.8) is 0 Å². The van der Waals surface area contributed by atoms with Crippen LogP contribution in [-0.4, -0.2) is 18.9 Å². The molecule has 1 aromatic heterocycles. The molecule has 0 saturated carbocycles. The van der Waals surface area contributed by atoms with Crippen LogP contribution in [0.5, 0.6) is 5.75 Å². The molecule has 0 atom stereocenters. The fourth-order valence-corrected chi connectivity index (χ4v) is 3.51. The molecule has 0 radical (unpaired) electrons. The average molecular weight is 416 g/mol. The molecule has 5 nitrogen and oxygen atoms in total. The summed E-state index contributed by atoms with van der Waals surface area (Å²) in [5.74, 6) is -1.53. The van der Waals surface area contributed by atoms with Gasteiger partial charge in [-0.15, -0.1) is 11.3 Å². The molecule has 29 heavy (non-hydrogen) atoms. The zero-order valence-corrected chi connectivity index (χ0v) is 16.3. The summed E-state index contributed by atoms with van der Waals surface area (Å²) in [6.45, 7) is 0. The number of hydrogen-bond acceptors (Lipinski definition) is 4. The Kier molecular flexibility index (Phi) is 6.56. The Hall–Kier alpha value is -3.26. The van der Waals surface area contributed by atoms with E-state index in [4.69, 9.17) is 4.74 Å². The van der Waals surface area contributed by atoms with E-state index in [1.807, 2.05) is 0 Å². The third-order valence-corrected chi connectivity index (χ3v) is 5.26. The molecule has 2 amide bonds. The van der Waals surface area contributed by atoms with Gasteiger partial charge in [0.2, 0.25) is 5.91 Å². The van der Waals surface area contributed by atoms with Crippen LogP contribution in [0.1, 0.15) is 21.7 Å². The van der Waals surface area contributed by atoms with Crippen molar-refractivity contribution < 1.29 is 23.1 Å². The smallest absolute Gasteiger partial charge is 0.279 e. The summed E-state index contributed by atoms with van der Waals surface area (Å²) in [7, 11) is 1.38. The molecule has 8 heteroatoms. The van der Waals surface area contributed by atoms with Crippen LogP contribution < -0.4 is 15.6 Å². The number of thiophene rings is 1. The van der Waals surface area contributed by atoms with Gasteiger partial charge in [-0.3, -0.25) is 20.4 Å². The lowest BCUT2D eigenvalue weighted by molar-refractivity contribution is -0.121. The van der Waals surface area contributed by atoms with Gasteiger partial charge in [-0.1, -0.05) is 18.2 Å². The monoisotopic (exact) mass is 416 g/mol. The van der Waals surface area contributed by atoms with Gasteiger partial charge < -0.3 is 4.74 Å². The summed E-state index contributed by atoms with van der Waals surface area (Å²) in [5, 5.41) is 0. The second-order valence-electron chi connectivity index (χ2n) is 6.14. The Bertz CT molecular complexity index is 1020. The molecule has 0 aliphatic carbocycles. The number of ether oxygens (including phenoxy) is 1. The van der Waals surface area contributed by atoms with Gasteiger partial charge in [-0.2, -0.15) is 0 Å². The van der Waals surface area contributed by atoms with Crippen molar-refractivity contribution in [2.75, 3.05) is 7.11 Å². The third kappa shape index (κ3) is 5.39. The fraction of sp³-hybridized carbons (Fsp3) is 0.143. The summed E-state index contributed by atoms with van der Waals surface area (Å²) in [6.07, 6.45) is 0.396. The lowest BCUT2D eigenvalue weighted by Gasteiger charge is -2.07. The van der Waals surface area contributed by atoms with E-state index < -0.39 is 17.6 Å². The minimum absolute atomic E-state index is 0.0807. The first-order valence-electron chi connectivity index (χ1n) is 8.73. The summed E-state index contributed by atoms with van der Waals surface area (Å²) in [5.41, 5.74) is 6.14. The number of hydrogen-bond donors (Lipinski definition) is 2. The van der Waals surface area contributed by atoms with Gasteiger partial charge in [0.05, 0.1) is 12.0 Å². The van der Waals surface area contributed by atoms with Crippen LogP contribution in [-0.2, 0) is 11.2 Å². The van der Waals surface area contributed by atoms with Gasteiger partial charge in [0.1, 0.15) is 5.82 Å². The first-order chi connectivity index (χ1) is 14.0. The maximum absolute atomic E-state index is 13.7. The topological polar surface area (TPSA) is 67.4 Å². The molecular weight excluding hydrogens is 398 g/mol. The standard InChI is InChI=1S/C21H18F2N2O3S/c1-28-17-8-2-13(12-16(17)23)3-11-20(26)24-25-21(27)19-10-9-18(29-19)14-4-6-15(22)7-5-14/h2,4-10,12H,3,11H2,1H3,(H,24,26)(H,25,27). The van der Waals surface area contributed by atoms with Gasteiger partial charge in [-0.25, -0.2) is 8.78 Å². The average Bonchev–Trinajstić information content (AvgIpc) is 3.21. The number of carbonyl (C=O) groups excluding carboxylic acids is 2. The van der Waals surface area contributed by atoms with Crippen LogP contribution in [0.25, 0.3) is 10.4 Å². The molecule has 0 unspecified atom stereocenters. The molecule has 1 heterocycles. The third-order valence-electron chi connectivity index (χ3n) is 4.13. The molecule has 3 rings (SSSR count). The number of aryl methyl sites for hydroxylation is 1. The number of benzene rings is 2. The Balaban J connectivity index is 1.49. The van der Waals surface area contributed by atoms with E-state index in [1.165, 1.54) is 42.7 Å². The van der Waals surface area contributed by atoms with Crippen molar-refractivity contribution >= 4 is 23.2 Å². The number of methoxy groups -OCH3 is 1. The van der Waals surface area contributed by atoms with Crippen molar-refractivity contribution in [3.8, 4) is 16.2 Å². The Morgan fingerprint density at radius 3 is 2.45 bits per heavy atom. The molecule has 0 aliphatic rings. The highest BCUT2D eigenvalue weighted by Gasteiger charge is 2.12. The second kappa shape index (κ2) is 9.29. The van der Waals surface area contributed by atoms with Crippen LogP contribution in [0.4, 0.5) is 8.78 Å². The quantitative estimate of drug-likeness (QED) is 0.595. The van der Waals surface area contributed by atoms with Crippen LogP contribution in [0.2, 0.25) is 0 Å². The van der Waals surface area contributed by atoms with Crippen LogP contribution in [0.15, 0.2) is 54.6 Å². The lowest BCUT2D eigenvalue weighted by Crippen LogP contribution is -2.41. The number of amides is 2. The predicted octanol–water partition coefficient (Wildman–Crippen LogP) is 4.10. The molecule has 3 aromatic rings. The van der Waals surface area contributed by atoms with Gasteiger partial charge >= 0.3 is 0 Å². The maximum Gasteiger partial charge on any atom is 0.279 e. The van der Waals surface area contributed by atoms with Gasteiger partial charge in [0, 0.05) is 11.3 Å². The summed E-state index contributed by atoms with van der Waals surface area (Å²) in [6, 6.07) is 13.8. The van der Waals surface area contributed by atoms with Crippen molar-refractivity contribution in [2.24, 2.45) is 0 Å². The first kappa shape index (κ1) is 20.5. The molecule has 2 aromatic carbocycles. The molecule has 150 valence electrons. The highest BCUT2D eigenvalue weighted by molar-refractivity contribution is 7.17. The number of halogens is 2. The normalized spacial score (nSPS) is 10.4. The fourth-order valence-electron chi connectivity index (χ4n) is 2.60. The highest BCUT2D eigenvalue weighted by Crippen LogP contribution is 2.28. The second-order valence-corrected chi connectivity index (χ2v) is 7.23. The van der Waals surface area contributed by atoms with E-state index in [1.54, 1.807) is 30.3 Å². The molecule has 0 spiro atoms. The van der Waals surface area contributed by atoms with Gasteiger partial charge in [-0.05, 0) is 53.9 Å². The van der Waals surface area contributed by atoms with E-state index in [0.29, 0.717) is 16.9 Å². The summed E-state index contributed by atoms with van der Waals surface area (Å²) < 4.78 is 31.5. The molecular formula is C21H18F2N2O3S. The van der Waals surface area contributed by atoms with E-state index in [0.717, 1.165) is 10.4 Å². The maximum atomic E-state index is 13.7. The van der Waals surface area contributed by atoms with Crippen molar-refractivity contribution in [3.05, 3.63) is 76.7 Å². The summed E-state index contributed by atoms with van der Waals surface area (Å²) in [4.78, 5) is 25.4. The van der Waals surface area contributed by atoms with Crippen LogP contribution in [0.3, 0.4) is 0 Å². The Labute approximate surface area is 170 Å². The van der Waals surface area contributed by atoms with E-state index in [9.17, 15) is 18.4 Å². The van der Waals surface area contributed by atoms with Crippen molar-refractivity contribution in [1.82, 2.24) is 10.9 Å². The van der Waals surface area contributed by atoms with Crippen molar-refractivity contribution in [1.29, 1.82) is 0 Å². The molecule has 2 N–H and O–H groups in total. The summed E-state index contributed by atoms with van der Waals surface area (Å²) >= 11 is 1.23.